The van der Waals surface area contributed by atoms with Crippen LogP contribution in [0.2, 0.25) is 0 Å². The van der Waals surface area contributed by atoms with Gasteiger partial charge < -0.3 is 5.73 Å². The van der Waals surface area contributed by atoms with Crippen LogP contribution < -0.4 is 5.73 Å². The molecule has 0 aromatic carbocycles. The molecule has 2 unspecified atom stereocenters. The maximum Gasteiger partial charge on any atom is 0.152 e. The van der Waals surface area contributed by atoms with Crippen LogP contribution in [0.5, 0.6) is 0 Å². The van der Waals surface area contributed by atoms with E-state index in [0.717, 1.165) is 12.2 Å². The summed E-state index contributed by atoms with van der Waals surface area (Å²) in [5.74, 6) is 2.84. The smallest absolute Gasteiger partial charge is 0.152 e. The first-order valence-electron chi connectivity index (χ1n) is 5.70. The molecule has 0 saturated carbocycles. The second-order valence-electron chi connectivity index (χ2n) is 4.90. The van der Waals surface area contributed by atoms with Gasteiger partial charge >= 0.3 is 0 Å². The maximum atomic E-state index is 11.6. The van der Waals surface area contributed by atoms with Crippen LogP contribution in [-0.4, -0.2) is 61.5 Å². The Morgan fingerprint density at radius 2 is 2.31 bits per heavy atom. The highest BCUT2D eigenvalue weighted by Crippen LogP contribution is 2.33. The van der Waals surface area contributed by atoms with Gasteiger partial charge in [-0.3, -0.25) is 4.90 Å². The van der Waals surface area contributed by atoms with Gasteiger partial charge in [-0.2, -0.15) is 11.8 Å². The Kier molecular flexibility index (Phi) is 3.55. The van der Waals surface area contributed by atoms with Crippen molar-refractivity contribution in [2.24, 2.45) is 5.73 Å². The number of nitrogens with zero attached hydrogens (tertiary/aromatic N) is 1. The van der Waals surface area contributed by atoms with Crippen LogP contribution in [-0.2, 0) is 9.84 Å². The number of sulfone groups is 1. The third kappa shape index (κ3) is 2.25. The fraction of sp³-hybridized carbons (Fsp3) is 1.00. The van der Waals surface area contributed by atoms with E-state index in [1.807, 2.05) is 18.8 Å². The molecular weight excluding hydrogens is 244 g/mol. The van der Waals surface area contributed by atoms with E-state index in [1.54, 1.807) is 0 Å². The van der Waals surface area contributed by atoms with Crippen molar-refractivity contribution in [3.05, 3.63) is 0 Å². The summed E-state index contributed by atoms with van der Waals surface area (Å²) < 4.78 is 23.3. The highest BCUT2D eigenvalue weighted by atomic mass is 32.2. The maximum absolute atomic E-state index is 11.6. The fourth-order valence-electron chi connectivity index (χ4n) is 2.70. The molecule has 2 N–H and O–H groups in total. The normalized spacial score (nSPS) is 38.3. The fourth-order valence-corrected chi connectivity index (χ4v) is 6.08. The minimum Gasteiger partial charge on any atom is -0.329 e. The average molecular weight is 264 g/mol. The first-order valence-corrected chi connectivity index (χ1v) is 8.68. The summed E-state index contributed by atoms with van der Waals surface area (Å²) in [5.41, 5.74) is 5.55. The second-order valence-corrected chi connectivity index (χ2v) is 8.23. The van der Waals surface area contributed by atoms with Gasteiger partial charge in [0.2, 0.25) is 0 Å². The predicted molar refractivity (Wildman–Crippen MR) is 68.5 cm³/mol. The van der Waals surface area contributed by atoms with Crippen molar-refractivity contribution in [1.82, 2.24) is 4.90 Å². The van der Waals surface area contributed by atoms with Crippen LogP contribution in [0.4, 0.5) is 0 Å². The van der Waals surface area contributed by atoms with Gasteiger partial charge in [0.25, 0.3) is 0 Å². The Labute approximate surface area is 102 Å². The van der Waals surface area contributed by atoms with E-state index in [-0.39, 0.29) is 11.3 Å². The van der Waals surface area contributed by atoms with Crippen molar-refractivity contribution in [1.29, 1.82) is 0 Å². The van der Waals surface area contributed by atoms with E-state index in [1.165, 1.54) is 5.75 Å². The zero-order valence-electron chi connectivity index (χ0n) is 9.68. The van der Waals surface area contributed by atoms with Crippen LogP contribution in [0, 0.1) is 0 Å². The van der Waals surface area contributed by atoms with E-state index in [0.29, 0.717) is 24.8 Å². The molecule has 4 nitrogen and oxygen atoms in total. The van der Waals surface area contributed by atoms with Crippen molar-refractivity contribution in [2.45, 2.75) is 24.4 Å². The molecule has 0 aliphatic carbocycles. The van der Waals surface area contributed by atoms with Gasteiger partial charge in [0, 0.05) is 23.9 Å². The molecule has 2 atom stereocenters. The number of hydrogen-bond acceptors (Lipinski definition) is 5. The average Bonchev–Trinajstić information content (AvgIpc) is 2.85. The summed E-state index contributed by atoms with van der Waals surface area (Å²) in [6.45, 7) is 0.448. The topological polar surface area (TPSA) is 63.4 Å². The lowest BCUT2D eigenvalue weighted by atomic mass is 9.95. The molecule has 16 heavy (non-hydrogen) atoms. The molecule has 0 amide bonds. The van der Waals surface area contributed by atoms with E-state index in [2.05, 4.69) is 4.90 Å². The molecule has 0 spiro atoms. The largest absolute Gasteiger partial charge is 0.329 e. The van der Waals surface area contributed by atoms with Gasteiger partial charge in [-0.05, 0) is 25.6 Å². The van der Waals surface area contributed by atoms with E-state index in [9.17, 15) is 8.42 Å². The Morgan fingerprint density at radius 1 is 1.56 bits per heavy atom. The standard InChI is InChI=1S/C10H20N2O2S2/c1-12(9-2-4-15-6-9)10(7-11)3-5-16(13,14)8-10/h9H,2-8,11H2,1H3. The first kappa shape index (κ1) is 12.7. The predicted octanol–water partition coefficient (Wildman–Crippen LogP) is -0.0603. The molecule has 0 aromatic rings. The number of thioether (sulfide) groups is 1. The molecule has 2 fully saturated rings. The molecule has 2 saturated heterocycles. The monoisotopic (exact) mass is 264 g/mol. The van der Waals surface area contributed by atoms with Crippen molar-refractivity contribution in [2.75, 3.05) is 36.6 Å². The molecule has 6 heteroatoms. The molecule has 2 rings (SSSR count). The summed E-state index contributed by atoms with van der Waals surface area (Å²) in [5, 5.41) is 0. The zero-order chi connectivity index (χ0) is 11.8. The summed E-state index contributed by atoms with van der Waals surface area (Å²) in [7, 11) is -0.823. The Balaban J connectivity index is 2.15. The summed E-state index contributed by atoms with van der Waals surface area (Å²) in [4.78, 5) is 2.25. The van der Waals surface area contributed by atoms with Gasteiger partial charge in [0.1, 0.15) is 0 Å². The highest BCUT2D eigenvalue weighted by Gasteiger charge is 2.46. The zero-order valence-corrected chi connectivity index (χ0v) is 11.3. The van der Waals surface area contributed by atoms with E-state index < -0.39 is 9.84 Å². The lowest BCUT2D eigenvalue weighted by Crippen LogP contribution is -2.57. The third-order valence-electron chi connectivity index (χ3n) is 3.95. The van der Waals surface area contributed by atoms with Gasteiger partial charge in [-0.1, -0.05) is 0 Å². The Morgan fingerprint density at radius 3 is 2.75 bits per heavy atom. The molecule has 2 aliphatic rings. The first-order chi connectivity index (χ1) is 7.49. The van der Waals surface area contributed by atoms with Crippen LogP contribution in [0.1, 0.15) is 12.8 Å². The molecule has 2 heterocycles. The highest BCUT2D eigenvalue weighted by molar-refractivity contribution is 7.99. The molecule has 0 aromatic heterocycles. The number of likely N-dealkylation sites (N-methyl/N-ethyl adjacent to an activating group) is 1. The van der Waals surface area contributed by atoms with E-state index in [4.69, 9.17) is 5.73 Å². The number of rotatable bonds is 3. The minimum atomic E-state index is -2.87. The van der Waals surface area contributed by atoms with E-state index >= 15 is 0 Å². The number of nitrogens with two attached hydrogens (primary N) is 1. The van der Waals surface area contributed by atoms with Crippen molar-refractivity contribution >= 4 is 21.6 Å². The summed E-state index contributed by atoms with van der Waals surface area (Å²) in [6.07, 6.45) is 1.85. The SMILES string of the molecule is CN(C1CCSC1)C1(CN)CCS(=O)(=O)C1. The molecule has 0 radical (unpaired) electrons. The van der Waals surface area contributed by atoms with Crippen LogP contribution in [0.25, 0.3) is 0 Å². The van der Waals surface area contributed by atoms with Gasteiger partial charge in [-0.15, -0.1) is 0 Å². The van der Waals surface area contributed by atoms with Crippen molar-refractivity contribution < 1.29 is 8.42 Å². The lowest BCUT2D eigenvalue weighted by Gasteiger charge is -2.40. The number of hydrogen-bond donors (Lipinski definition) is 1. The third-order valence-corrected chi connectivity index (χ3v) is 6.90. The van der Waals surface area contributed by atoms with Crippen LogP contribution in [0.15, 0.2) is 0 Å². The van der Waals surface area contributed by atoms with Crippen molar-refractivity contribution in [3.8, 4) is 0 Å². The lowest BCUT2D eigenvalue weighted by molar-refractivity contribution is 0.109. The van der Waals surface area contributed by atoms with Crippen LogP contribution in [0.3, 0.4) is 0 Å². The molecule has 0 bridgehead atoms. The minimum absolute atomic E-state index is 0.244. The Hall–Kier alpha value is 0.220. The quantitative estimate of drug-likeness (QED) is 0.774. The molecule has 2 aliphatic heterocycles. The van der Waals surface area contributed by atoms with Crippen molar-refractivity contribution in [3.63, 3.8) is 0 Å². The van der Waals surface area contributed by atoms with Gasteiger partial charge in [0.05, 0.1) is 11.5 Å². The Bertz CT molecular complexity index is 352. The summed E-state index contributed by atoms with van der Waals surface area (Å²) >= 11 is 1.95. The summed E-state index contributed by atoms with van der Waals surface area (Å²) in [6, 6.07) is 0.502. The van der Waals surface area contributed by atoms with Gasteiger partial charge in [-0.25, -0.2) is 8.42 Å². The molecular formula is C10H20N2O2S2. The van der Waals surface area contributed by atoms with Gasteiger partial charge in [0.15, 0.2) is 9.84 Å². The van der Waals surface area contributed by atoms with Crippen LogP contribution >= 0.6 is 11.8 Å². The second kappa shape index (κ2) is 4.48. The molecule has 94 valence electrons.